The lowest BCUT2D eigenvalue weighted by molar-refractivity contribution is -0.116. The van der Waals surface area contributed by atoms with Crippen molar-refractivity contribution in [2.45, 2.75) is 57.8 Å². The fourth-order valence-electron chi connectivity index (χ4n) is 2.43. The van der Waals surface area contributed by atoms with Crippen molar-refractivity contribution in [3.05, 3.63) is 24.8 Å². The Labute approximate surface area is 99.6 Å². The highest BCUT2D eigenvalue weighted by atomic mass is 16.1. The molecule has 0 aliphatic heterocycles. The van der Waals surface area contributed by atoms with Crippen LogP contribution < -0.4 is 0 Å². The molecule has 0 amide bonds. The van der Waals surface area contributed by atoms with Gasteiger partial charge in [-0.3, -0.25) is 4.79 Å². The lowest BCUT2D eigenvalue weighted by atomic mass is 9.84. The van der Waals surface area contributed by atoms with Gasteiger partial charge in [-0.15, -0.1) is 6.58 Å². The maximum absolute atomic E-state index is 11.9. The molecule has 0 saturated heterocycles. The van der Waals surface area contributed by atoms with Crippen molar-refractivity contribution in [1.82, 2.24) is 0 Å². The molecule has 90 valence electrons. The number of hydrogen-bond acceptors (Lipinski definition) is 1. The highest BCUT2D eigenvalue weighted by Crippen LogP contribution is 2.28. The highest BCUT2D eigenvalue weighted by molar-refractivity contribution is 5.95. The molecule has 0 heterocycles. The van der Waals surface area contributed by atoms with Gasteiger partial charge in [0.1, 0.15) is 0 Å². The van der Waals surface area contributed by atoms with Crippen LogP contribution in [-0.2, 0) is 4.79 Å². The molecule has 0 aromatic heterocycles. The first-order valence-electron chi connectivity index (χ1n) is 6.58. The molecule has 0 aromatic rings. The fourth-order valence-corrected chi connectivity index (χ4v) is 2.43. The van der Waals surface area contributed by atoms with E-state index in [0.29, 0.717) is 12.3 Å². The van der Waals surface area contributed by atoms with Gasteiger partial charge in [0.15, 0.2) is 5.78 Å². The van der Waals surface area contributed by atoms with Crippen molar-refractivity contribution in [1.29, 1.82) is 0 Å². The molecule has 16 heavy (non-hydrogen) atoms. The summed E-state index contributed by atoms with van der Waals surface area (Å²) in [6, 6.07) is 0. The SMILES string of the molecule is C=CCCC(=O)C(=C)C1CCCCCCC1. The van der Waals surface area contributed by atoms with Gasteiger partial charge in [0.2, 0.25) is 0 Å². The molecule has 1 rings (SSSR count). The fraction of sp³-hybridized carbons (Fsp3) is 0.667. The quantitative estimate of drug-likeness (QED) is 0.494. The maximum atomic E-state index is 11.9. The van der Waals surface area contributed by atoms with E-state index in [9.17, 15) is 4.79 Å². The minimum Gasteiger partial charge on any atom is -0.295 e. The Hall–Kier alpha value is -0.850. The van der Waals surface area contributed by atoms with E-state index in [1.165, 1.54) is 44.9 Å². The Morgan fingerprint density at radius 1 is 1.12 bits per heavy atom. The van der Waals surface area contributed by atoms with E-state index in [-0.39, 0.29) is 5.78 Å². The molecule has 1 fully saturated rings. The summed E-state index contributed by atoms with van der Waals surface area (Å²) in [6.07, 6.45) is 12.1. The predicted octanol–water partition coefficient (Wildman–Crippen LogP) is 4.44. The van der Waals surface area contributed by atoms with E-state index in [2.05, 4.69) is 13.2 Å². The number of allylic oxidation sites excluding steroid dienone is 2. The van der Waals surface area contributed by atoms with E-state index >= 15 is 0 Å². The predicted molar refractivity (Wildman–Crippen MR) is 69.4 cm³/mol. The zero-order valence-electron chi connectivity index (χ0n) is 10.3. The number of rotatable bonds is 5. The number of ketones is 1. The van der Waals surface area contributed by atoms with Gasteiger partial charge in [-0.2, -0.15) is 0 Å². The van der Waals surface area contributed by atoms with Gasteiger partial charge in [-0.25, -0.2) is 0 Å². The molecule has 0 aromatic carbocycles. The minimum absolute atomic E-state index is 0.255. The Morgan fingerprint density at radius 3 is 2.25 bits per heavy atom. The number of hydrogen-bond donors (Lipinski definition) is 0. The molecule has 1 saturated carbocycles. The average Bonchev–Trinajstić information content (AvgIpc) is 2.24. The van der Waals surface area contributed by atoms with Gasteiger partial charge in [0, 0.05) is 6.42 Å². The monoisotopic (exact) mass is 220 g/mol. The molecule has 0 unspecified atom stereocenters. The smallest absolute Gasteiger partial charge is 0.158 e. The molecule has 0 N–H and O–H groups in total. The first-order chi connectivity index (χ1) is 7.75. The molecule has 0 radical (unpaired) electrons. The van der Waals surface area contributed by atoms with Crippen LogP contribution >= 0.6 is 0 Å². The van der Waals surface area contributed by atoms with Gasteiger partial charge in [0.25, 0.3) is 0 Å². The molecule has 1 aliphatic rings. The third-order valence-electron chi connectivity index (χ3n) is 3.53. The van der Waals surface area contributed by atoms with Crippen molar-refractivity contribution in [3.63, 3.8) is 0 Å². The van der Waals surface area contributed by atoms with Crippen molar-refractivity contribution in [3.8, 4) is 0 Å². The number of carbonyl (C=O) groups is 1. The lowest BCUT2D eigenvalue weighted by Gasteiger charge is -2.21. The summed E-state index contributed by atoms with van der Waals surface area (Å²) in [5.41, 5.74) is 0.878. The summed E-state index contributed by atoms with van der Waals surface area (Å²) in [5, 5.41) is 0. The molecule has 1 heteroatoms. The summed E-state index contributed by atoms with van der Waals surface area (Å²) in [5.74, 6) is 0.711. The number of Topliss-reactive ketones (excluding diaryl/α,β-unsaturated/α-hetero) is 1. The standard InChI is InChI=1S/C15H24O/c1-3-4-12-15(16)13(2)14-10-8-6-5-7-9-11-14/h3,14H,1-2,4-12H2. The van der Waals surface area contributed by atoms with Gasteiger partial charge >= 0.3 is 0 Å². The second-order valence-corrected chi connectivity index (χ2v) is 4.82. The Kier molecular flexibility index (Phi) is 6.14. The van der Waals surface area contributed by atoms with Crippen molar-refractivity contribution >= 4 is 5.78 Å². The molecule has 0 spiro atoms. The van der Waals surface area contributed by atoms with Crippen LogP contribution in [0.5, 0.6) is 0 Å². The summed E-state index contributed by atoms with van der Waals surface area (Å²) >= 11 is 0. The van der Waals surface area contributed by atoms with E-state index < -0.39 is 0 Å². The topological polar surface area (TPSA) is 17.1 Å². The third kappa shape index (κ3) is 4.34. The second kappa shape index (κ2) is 7.43. The first kappa shape index (κ1) is 13.2. The Balaban J connectivity index is 2.43. The Morgan fingerprint density at radius 2 is 1.69 bits per heavy atom. The molecule has 1 nitrogen and oxygen atoms in total. The van der Waals surface area contributed by atoms with Gasteiger partial charge < -0.3 is 0 Å². The molecular weight excluding hydrogens is 196 g/mol. The zero-order valence-corrected chi connectivity index (χ0v) is 10.3. The highest BCUT2D eigenvalue weighted by Gasteiger charge is 2.18. The average molecular weight is 220 g/mol. The van der Waals surface area contributed by atoms with E-state index in [1.54, 1.807) is 0 Å². The van der Waals surface area contributed by atoms with Crippen LogP contribution in [0.3, 0.4) is 0 Å². The van der Waals surface area contributed by atoms with E-state index in [4.69, 9.17) is 0 Å². The number of carbonyl (C=O) groups excluding carboxylic acids is 1. The van der Waals surface area contributed by atoms with Crippen LogP contribution in [0.2, 0.25) is 0 Å². The van der Waals surface area contributed by atoms with E-state index in [1.807, 2.05) is 6.08 Å². The summed E-state index contributed by atoms with van der Waals surface area (Å²) in [7, 11) is 0. The maximum Gasteiger partial charge on any atom is 0.158 e. The minimum atomic E-state index is 0.255. The van der Waals surface area contributed by atoms with E-state index in [0.717, 1.165) is 12.0 Å². The van der Waals surface area contributed by atoms with Crippen LogP contribution in [0.4, 0.5) is 0 Å². The normalized spacial score (nSPS) is 18.5. The van der Waals surface area contributed by atoms with Gasteiger partial charge in [-0.05, 0) is 30.8 Å². The molecule has 0 atom stereocenters. The van der Waals surface area contributed by atoms with Crippen molar-refractivity contribution < 1.29 is 4.79 Å². The Bertz CT molecular complexity index is 244. The van der Waals surface area contributed by atoms with Gasteiger partial charge in [0.05, 0.1) is 0 Å². The van der Waals surface area contributed by atoms with Crippen LogP contribution in [0, 0.1) is 5.92 Å². The second-order valence-electron chi connectivity index (χ2n) is 4.82. The summed E-state index contributed by atoms with van der Waals surface area (Å²) in [4.78, 5) is 11.9. The van der Waals surface area contributed by atoms with Crippen molar-refractivity contribution in [2.75, 3.05) is 0 Å². The van der Waals surface area contributed by atoms with Gasteiger partial charge in [-0.1, -0.05) is 44.8 Å². The summed E-state index contributed by atoms with van der Waals surface area (Å²) in [6.45, 7) is 7.67. The zero-order chi connectivity index (χ0) is 11.8. The largest absolute Gasteiger partial charge is 0.295 e. The third-order valence-corrected chi connectivity index (χ3v) is 3.53. The molecular formula is C15H24O. The molecule has 1 aliphatic carbocycles. The van der Waals surface area contributed by atoms with Crippen molar-refractivity contribution in [2.24, 2.45) is 5.92 Å². The van der Waals surface area contributed by atoms with Crippen LogP contribution in [0.15, 0.2) is 24.8 Å². The lowest BCUT2D eigenvalue weighted by Crippen LogP contribution is -2.13. The van der Waals surface area contributed by atoms with Crippen LogP contribution in [0.25, 0.3) is 0 Å². The van der Waals surface area contributed by atoms with Crippen LogP contribution in [0.1, 0.15) is 57.8 Å². The summed E-state index contributed by atoms with van der Waals surface area (Å²) < 4.78 is 0. The van der Waals surface area contributed by atoms with Crippen LogP contribution in [-0.4, -0.2) is 5.78 Å². The first-order valence-corrected chi connectivity index (χ1v) is 6.58. The molecule has 0 bridgehead atoms.